The van der Waals surface area contributed by atoms with Gasteiger partial charge in [0.15, 0.2) is 17.6 Å². The summed E-state index contributed by atoms with van der Waals surface area (Å²) in [4.78, 5) is 40.3. The van der Waals surface area contributed by atoms with E-state index in [1.807, 2.05) is 0 Å². The molecule has 1 amide bonds. The third-order valence-corrected chi connectivity index (χ3v) is 6.61. The summed E-state index contributed by atoms with van der Waals surface area (Å²) in [5.74, 6) is 0.971. The van der Waals surface area contributed by atoms with E-state index in [2.05, 4.69) is 0 Å². The van der Waals surface area contributed by atoms with Crippen LogP contribution in [-0.4, -0.2) is 67.2 Å². The number of alkyl halides is 2. The molecule has 0 bridgehead atoms. The second-order valence-electron chi connectivity index (χ2n) is 8.80. The van der Waals surface area contributed by atoms with E-state index in [9.17, 15) is 23.2 Å². The number of para-hydroxylation sites is 1. The lowest BCUT2D eigenvalue weighted by Crippen LogP contribution is -2.44. The van der Waals surface area contributed by atoms with Gasteiger partial charge in [-0.25, -0.2) is 13.6 Å². The largest absolute Gasteiger partial charge is 0.493 e. The molecule has 0 unspecified atom stereocenters. The molecular formula is C26H29F2N3O6. The number of halogens is 2. The molecule has 2 aromatic carbocycles. The Hall–Kier alpha value is -3.89. The third-order valence-electron chi connectivity index (χ3n) is 6.61. The van der Waals surface area contributed by atoms with Crippen molar-refractivity contribution in [1.82, 2.24) is 14.0 Å². The van der Waals surface area contributed by atoms with Crippen molar-refractivity contribution in [3.63, 3.8) is 0 Å². The third kappa shape index (κ3) is 5.16. The van der Waals surface area contributed by atoms with Crippen LogP contribution in [0.3, 0.4) is 0 Å². The maximum absolute atomic E-state index is 13.8. The molecule has 1 aliphatic rings. The first-order valence-electron chi connectivity index (χ1n) is 11.9. The second kappa shape index (κ2) is 11.4. The Morgan fingerprint density at radius 1 is 1.05 bits per heavy atom. The van der Waals surface area contributed by atoms with Gasteiger partial charge in [0.05, 0.1) is 31.7 Å². The Morgan fingerprint density at radius 3 is 2.41 bits per heavy atom. The first kappa shape index (κ1) is 26.2. The molecule has 1 fully saturated rings. The Morgan fingerprint density at radius 2 is 1.78 bits per heavy atom. The van der Waals surface area contributed by atoms with Gasteiger partial charge < -0.3 is 19.1 Å². The minimum atomic E-state index is -1.29. The smallest absolute Gasteiger partial charge is 0.332 e. The van der Waals surface area contributed by atoms with Crippen LogP contribution in [0.15, 0.2) is 46.0 Å². The summed E-state index contributed by atoms with van der Waals surface area (Å²) in [6.07, 6.45) is 0.541. The number of amides is 1. The highest BCUT2D eigenvalue weighted by Gasteiger charge is 2.25. The number of rotatable bonds is 10. The fraction of sp³-hybridized carbons (Fsp3) is 0.423. The number of aromatic nitrogens is 2. The number of piperidine rings is 1. The quantitative estimate of drug-likeness (QED) is 0.384. The molecule has 0 atom stereocenters. The van der Waals surface area contributed by atoms with E-state index >= 15 is 0 Å². The average Bonchev–Trinajstić information content (AvgIpc) is 2.94. The van der Waals surface area contributed by atoms with Crippen molar-refractivity contribution in [3.05, 3.63) is 62.8 Å². The van der Waals surface area contributed by atoms with Gasteiger partial charge in [-0.2, -0.15) is 0 Å². The molecule has 0 N–H and O–H groups in total. The molecule has 11 heteroatoms. The van der Waals surface area contributed by atoms with Crippen LogP contribution in [0.5, 0.6) is 17.2 Å². The fourth-order valence-corrected chi connectivity index (χ4v) is 4.72. The highest BCUT2D eigenvalue weighted by Crippen LogP contribution is 2.31. The van der Waals surface area contributed by atoms with E-state index in [4.69, 9.17) is 14.2 Å². The Labute approximate surface area is 211 Å². The van der Waals surface area contributed by atoms with Gasteiger partial charge >= 0.3 is 5.69 Å². The van der Waals surface area contributed by atoms with Gasteiger partial charge in [0.25, 0.3) is 5.56 Å². The minimum absolute atomic E-state index is 0.0934. The zero-order chi connectivity index (χ0) is 26.5. The van der Waals surface area contributed by atoms with Crippen LogP contribution in [0.1, 0.15) is 24.4 Å². The van der Waals surface area contributed by atoms with Gasteiger partial charge in [-0.3, -0.25) is 18.7 Å². The van der Waals surface area contributed by atoms with E-state index in [1.54, 1.807) is 33.7 Å². The molecule has 3 aromatic rings. The highest BCUT2D eigenvalue weighted by atomic mass is 19.1. The fourth-order valence-electron chi connectivity index (χ4n) is 4.72. The maximum atomic E-state index is 13.8. The molecule has 0 radical (unpaired) electrons. The van der Waals surface area contributed by atoms with Crippen molar-refractivity contribution < 1.29 is 27.8 Å². The summed E-state index contributed by atoms with van der Waals surface area (Å²) in [5, 5.41) is 0.174. The van der Waals surface area contributed by atoms with Crippen LogP contribution in [-0.2, 0) is 11.3 Å². The second-order valence-corrected chi connectivity index (χ2v) is 8.80. The van der Waals surface area contributed by atoms with Gasteiger partial charge in [0.1, 0.15) is 19.1 Å². The lowest BCUT2D eigenvalue weighted by atomic mass is 10.0. The first-order chi connectivity index (χ1) is 17.9. The zero-order valence-corrected chi connectivity index (χ0v) is 20.7. The zero-order valence-electron chi connectivity index (χ0n) is 20.7. The van der Waals surface area contributed by atoms with Crippen LogP contribution < -0.4 is 25.5 Å². The normalized spacial score (nSPS) is 14.2. The lowest BCUT2D eigenvalue weighted by molar-refractivity contribution is -0.119. The molecule has 0 aliphatic carbocycles. The molecule has 0 saturated carbocycles. The summed E-state index contributed by atoms with van der Waals surface area (Å²) < 4.78 is 45.0. The molecule has 4 rings (SSSR count). The van der Waals surface area contributed by atoms with Crippen molar-refractivity contribution in [1.29, 1.82) is 0 Å². The van der Waals surface area contributed by atoms with Crippen LogP contribution in [0.4, 0.5) is 8.78 Å². The number of ether oxygens (including phenoxy) is 3. The topological polar surface area (TPSA) is 92.0 Å². The molecule has 2 heterocycles. The molecule has 9 nitrogen and oxygen atoms in total. The maximum Gasteiger partial charge on any atom is 0.332 e. The number of fused-ring (bicyclic) bond motifs is 1. The SMILES string of the molecule is COc1cccc(Cn2c(=O)c3cc(OC(CF)CF)ccc3n(C3CCN(C=O)CC3)c2=O)c1OC. The van der Waals surface area contributed by atoms with Crippen LogP contribution in [0.2, 0.25) is 0 Å². The number of carbonyl (C=O) groups excluding carboxylic acids is 1. The van der Waals surface area contributed by atoms with Crippen molar-refractivity contribution in [2.45, 2.75) is 31.5 Å². The molecule has 0 spiro atoms. The molecular weight excluding hydrogens is 488 g/mol. The van der Waals surface area contributed by atoms with Gasteiger partial charge in [-0.1, -0.05) is 12.1 Å². The molecule has 198 valence electrons. The number of hydrogen-bond acceptors (Lipinski definition) is 6. The summed E-state index contributed by atoms with van der Waals surface area (Å²) in [6, 6.07) is 9.37. The van der Waals surface area contributed by atoms with E-state index in [0.29, 0.717) is 48.5 Å². The predicted octanol–water partition coefficient (Wildman–Crippen LogP) is 2.71. The lowest BCUT2D eigenvalue weighted by Gasteiger charge is -2.31. The number of benzene rings is 2. The number of carbonyl (C=O) groups is 1. The molecule has 1 aliphatic heterocycles. The van der Waals surface area contributed by atoms with E-state index in [0.717, 1.165) is 11.0 Å². The summed E-state index contributed by atoms with van der Waals surface area (Å²) in [5.41, 5.74) is -0.136. The number of methoxy groups -OCH3 is 2. The van der Waals surface area contributed by atoms with Crippen molar-refractivity contribution in [2.24, 2.45) is 0 Å². The van der Waals surface area contributed by atoms with Crippen LogP contribution >= 0.6 is 0 Å². The monoisotopic (exact) mass is 517 g/mol. The molecule has 1 aromatic heterocycles. The average molecular weight is 518 g/mol. The van der Waals surface area contributed by atoms with Crippen LogP contribution in [0.25, 0.3) is 10.9 Å². The van der Waals surface area contributed by atoms with E-state index in [-0.39, 0.29) is 23.7 Å². The van der Waals surface area contributed by atoms with Gasteiger partial charge in [0, 0.05) is 24.7 Å². The number of nitrogens with zero attached hydrogens (tertiary/aromatic N) is 3. The van der Waals surface area contributed by atoms with Crippen molar-refractivity contribution >= 4 is 17.3 Å². The number of likely N-dealkylation sites (tertiary alicyclic amines) is 1. The Kier molecular flexibility index (Phi) is 8.10. The number of hydrogen-bond donors (Lipinski definition) is 0. The van der Waals surface area contributed by atoms with E-state index in [1.165, 1.54) is 26.4 Å². The van der Waals surface area contributed by atoms with Gasteiger partial charge in [0.2, 0.25) is 6.41 Å². The Bertz CT molecular complexity index is 1380. The van der Waals surface area contributed by atoms with Crippen molar-refractivity contribution in [3.8, 4) is 17.2 Å². The van der Waals surface area contributed by atoms with E-state index < -0.39 is 30.7 Å². The van der Waals surface area contributed by atoms with Crippen molar-refractivity contribution in [2.75, 3.05) is 40.7 Å². The van der Waals surface area contributed by atoms with Crippen LogP contribution in [0, 0.1) is 0 Å². The summed E-state index contributed by atoms with van der Waals surface area (Å²) >= 11 is 0. The van der Waals surface area contributed by atoms with Gasteiger partial charge in [-0.05, 0) is 37.1 Å². The summed E-state index contributed by atoms with van der Waals surface area (Å²) in [6.45, 7) is -1.20. The minimum Gasteiger partial charge on any atom is -0.493 e. The Balaban J connectivity index is 1.89. The first-order valence-corrected chi connectivity index (χ1v) is 11.9. The van der Waals surface area contributed by atoms with Gasteiger partial charge in [-0.15, -0.1) is 0 Å². The highest BCUT2D eigenvalue weighted by molar-refractivity contribution is 5.80. The molecule has 37 heavy (non-hydrogen) atoms. The summed E-state index contributed by atoms with van der Waals surface area (Å²) in [7, 11) is 2.96. The predicted molar refractivity (Wildman–Crippen MR) is 133 cm³/mol. The standard InChI is InChI=1S/C26H29F2N3O6/c1-35-23-5-3-4-17(24(23)36-2)15-30-25(33)21-12-19(37-20(13-27)14-28)6-7-22(21)31(26(30)34)18-8-10-29(16-32)11-9-18/h3-7,12,16,18,20H,8-11,13-15H2,1-2H3. The molecule has 1 saturated heterocycles.